The second kappa shape index (κ2) is 4.45. The quantitative estimate of drug-likeness (QED) is 0.700. The highest BCUT2D eigenvalue weighted by Gasteiger charge is 2.57. The van der Waals surface area contributed by atoms with Crippen LogP contribution in [-0.4, -0.2) is 28.3 Å². The van der Waals surface area contributed by atoms with E-state index in [1.54, 1.807) is 0 Å². The van der Waals surface area contributed by atoms with Crippen molar-refractivity contribution in [3.63, 3.8) is 0 Å². The van der Waals surface area contributed by atoms with Gasteiger partial charge < -0.3 is 4.57 Å². The molecule has 1 aromatic heterocycles. The van der Waals surface area contributed by atoms with E-state index in [-0.39, 0.29) is 17.7 Å². The maximum absolute atomic E-state index is 12.6. The summed E-state index contributed by atoms with van der Waals surface area (Å²) in [5.41, 5.74) is 2.98. The molecule has 2 aliphatic rings. The second-order valence-electron chi connectivity index (χ2n) is 6.56. The van der Waals surface area contributed by atoms with Crippen molar-refractivity contribution in [1.82, 2.24) is 9.47 Å². The van der Waals surface area contributed by atoms with E-state index in [4.69, 9.17) is 0 Å². The Kier molecular flexibility index (Phi) is 2.71. The van der Waals surface area contributed by atoms with Crippen molar-refractivity contribution in [2.45, 2.75) is 18.8 Å². The van der Waals surface area contributed by atoms with Gasteiger partial charge in [0.2, 0.25) is 11.8 Å². The summed E-state index contributed by atoms with van der Waals surface area (Å²) in [4.78, 5) is 26.3. The van der Waals surface area contributed by atoms with Crippen molar-refractivity contribution in [3.8, 4) is 6.07 Å². The monoisotopic (exact) mass is 307 g/mol. The van der Waals surface area contributed by atoms with Crippen molar-refractivity contribution in [1.29, 1.82) is 5.26 Å². The SMILES string of the molecule is C[C@H]1c2c(c3ccccc3n2C)[C@@H](C#N)[C@H]2C(=O)N(C)C(=O)[C@H]21. The number of fused-ring (bicyclic) bond motifs is 4. The number of carbonyl (C=O) groups is 2. The number of aryl methyl sites for hydroxylation is 1. The number of rotatable bonds is 0. The lowest BCUT2D eigenvalue weighted by molar-refractivity contribution is -0.138. The van der Waals surface area contributed by atoms with Gasteiger partial charge in [0.1, 0.15) is 0 Å². The molecule has 5 nitrogen and oxygen atoms in total. The Hall–Kier alpha value is -2.61. The molecule has 0 radical (unpaired) electrons. The predicted octanol–water partition coefficient (Wildman–Crippen LogP) is 2.13. The molecule has 116 valence electrons. The average Bonchev–Trinajstić information content (AvgIpc) is 2.97. The van der Waals surface area contributed by atoms with Crippen LogP contribution in [0.4, 0.5) is 0 Å². The van der Waals surface area contributed by atoms with Crippen LogP contribution in [0.25, 0.3) is 10.9 Å². The zero-order valence-electron chi connectivity index (χ0n) is 13.3. The molecular formula is C18H17N3O2. The van der Waals surface area contributed by atoms with Gasteiger partial charge in [-0.25, -0.2) is 0 Å². The Bertz CT molecular complexity index is 905. The number of benzene rings is 1. The number of likely N-dealkylation sites (tertiary alicyclic amines) is 1. The summed E-state index contributed by atoms with van der Waals surface area (Å²) in [7, 11) is 3.49. The minimum Gasteiger partial charge on any atom is -0.347 e. The molecule has 2 amide bonds. The first-order valence-corrected chi connectivity index (χ1v) is 7.77. The number of carbonyl (C=O) groups excluding carboxylic acids is 2. The van der Waals surface area contributed by atoms with E-state index in [0.29, 0.717) is 0 Å². The molecule has 2 heterocycles. The van der Waals surface area contributed by atoms with Gasteiger partial charge in [-0.1, -0.05) is 25.1 Å². The van der Waals surface area contributed by atoms with Gasteiger partial charge in [-0.3, -0.25) is 14.5 Å². The van der Waals surface area contributed by atoms with E-state index in [1.165, 1.54) is 11.9 Å². The fourth-order valence-electron chi connectivity index (χ4n) is 4.55. The summed E-state index contributed by atoms with van der Waals surface area (Å²) < 4.78 is 2.08. The number of hydrogen-bond acceptors (Lipinski definition) is 3. The van der Waals surface area contributed by atoms with Crippen LogP contribution in [0.3, 0.4) is 0 Å². The molecular weight excluding hydrogens is 290 g/mol. The van der Waals surface area contributed by atoms with Gasteiger partial charge in [-0.2, -0.15) is 5.26 Å². The van der Waals surface area contributed by atoms with Gasteiger partial charge in [0, 0.05) is 36.6 Å². The van der Waals surface area contributed by atoms with Crippen molar-refractivity contribution in [2.24, 2.45) is 18.9 Å². The lowest BCUT2D eigenvalue weighted by Gasteiger charge is -2.32. The van der Waals surface area contributed by atoms with Crippen LogP contribution < -0.4 is 0 Å². The standard InChI is InChI=1S/C18H17N3O2/c1-9-13-15(18(23)21(3)17(13)22)11(8-19)14-10-6-4-5-7-12(10)20(2)16(9)14/h4-7,9,11,13,15H,1-3H3/t9-,11-,13+,15-/m1/s1. The molecule has 1 fully saturated rings. The number of aromatic nitrogens is 1. The molecule has 0 saturated carbocycles. The van der Waals surface area contributed by atoms with E-state index in [0.717, 1.165) is 22.2 Å². The fourth-order valence-corrected chi connectivity index (χ4v) is 4.55. The van der Waals surface area contributed by atoms with Gasteiger partial charge in [-0.15, -0.1) is 0 Å². The van der Waals surface area contributed by atoms with Gasteiger partial charge in [-0.05, 0) is 11.6 Å². The molecule has 1 aliphatic carbocycles. The summed E-state index contributed by atoms with van der Waals surface area (Å²) >= 11 is 0. The van der Waals surface area contributed by atoms with Crippen LogP contribution in [0.5, 0.6) is 0 Å². The molecule has 23 heavy (non-hydrogen) atoms. The Labute approximate surface area is 134 Å². The number of nitrogens with zero attached hydrogens (tertiary/aromatic N) is 3. The first-order chi connectivity index (χ1) is 11.0. The number of nitriles is 1. The lowest BCUT2D eigenvalue weighted by Crippen LogP contribution is -2.34. The molecule has 4 atom stereocenters. The summed E-state index contributed by atoms with van der Waals surface area (Å²) in [6.45, 7) is 1.99. The zero-order valence-corrected chi connectivity index (χ0v) is 13.3. The van der Waals surface area contributed by atoms with Crippen LogP contribution in [0.1, 0.15) is 30.0 Å². The molecule has 5 heteroatoms. The molecule has 2 aromatic rings. The maximum Gasteiger partial charge on any atom is 0.234 e. The predicted molar refractivity (Wildman–Crippen MR) is 84.4 cm³/mol. The number of imide groups is 1. The highest BCUT2D eigenvalue weighted by atomic mass is 16.2. The van der Waals surface area contributed by atoms with Crippen molar-refractivity contribution < 1.29 is 9.59 Å². The van der Waals surface area contributed by atoms with Crippen molar-refractivity contribution in [2.75, 3.05) is 7.05 Å². The highest BCUT2D eigenvalue weighted by molar-refractivity contribution is 6.07. The van der Waals surface area contributed by atoms with Crippen LogP contribution in [-0.2, 0) is 16.6 Å². The molecule has 4 rings (SSSR count). The van der Waals surface area contributed by atoms with Gasteiger partial charge in [0.05, 0.1) is 23.8 Å². The average molecular weight is 307 g/mol. The number of amides is 2. The molecule has 0 bridgehead atoms. The van der Waals surface area contributed by atoms with Crippen molar-refractivity contribution >= 4 is 22.7 Å². The zero-order chi connectivity index (χ0) is 16.5. The van der Waals surface area contributed by atoms with Gasteiger partial charge >= 0.3 is 0 Å². The maximum atomic E-state index is 12.6. The Balaban J connectivity index is 2.07. The summed E-state index contributed by atoms with van der Waals surface area (Å²) in [6, 6.07) is 10.2. The first kappa shape index (κ1) is 14.0. The largest absolute Gasteiger partial charge is 0.347 e. The van der Waals surface area contributed by atoms with E-state index >= 15 is 0 Å². The number of hydrogen-bond donors (Lipinski definition) is 0. The third-order valence-corrected chi connectivity index (χ3v) is 5.59. The second-order valence-corrected chi connectivity index (χ2v) is 6.56. The normalized spacial score (nSPS) is 29.6. The Morgan fingerprint density at radius 3 is 2.43 bits per heavy atom. The third kappa shape index (κ3) is 1.51. The minimum atomic E-state index is -0.571. The van der Waals surface area contributed by atoms with Crippen LogP contribution >= 0.6 is 0 Å². The van der Waals surface area contributed by atoms with E-state index in [1.807, 2.05) is 38.2 Å². The van der Waals surface area contributed by atoms with Gasteiger partial charge in [0.15, 0.2) is 0 Å². The molecule has 0 unspecified atom stereocenters. The molecule has 1 aromatic carbocycles. The topological polar surface area (TPSA) is 66.1 Å². The van der Waals surface area contributed by atoms with E-state index in [2.05, 4.69) is 10.6 Å². The lowest BCUT2D eigenvalue weighted by atomic mass is 9.67. The molecule has 1 saturated heterocycles. The molecule has 1 aliphatic heterocycles. The minimum absolute atomic E-state index is 0.0848. The fraction of sp³-hybridized carbons (Fsp3) is 0.389. The summed E-state index contributed by atoms with van der Waals surface area (Å²) in [5, 5.41) is 10.8. The Morgan fingerprint density at radius 1 is 1.09 bits per heavy atom. The Morgan fingerprint density at radius 2 is 1.74 bits per heavy atom. The van der Waals surface area contributed by atoms with Crippen LogP contribution in [0, 0.1) is 23.2 Å². The van der Waals surface area contributed by atoms with Crippen molar-refractivity contribution in [3.05, 3.63) is 35.5 Å². The number of para-hydroxylation sites is 1. The molecule has 0 spiro atoms. The van der Waals surface area contributed by atoms with E-state index in [9.17, 15) is 14.9 Å². The molecule has 0 N–H and O–H groups in total. The van der Waals surface area contributed by atoms with Gasteiger partial charge in [0.25, 0.3) is 0 Å². The smallest absolute Gasteiger partial charge is 0.234 e. The summed E-state index contributed by atoms with van der Waals surface area (Å²) in [5.74, 6) is -2.05. The third-order valence-electron chi connectivity index (χ3n) is 5.59. The van der Waals surface area contributed by atoms with Crippen LogP contribution in [0.15, 0.2) is 24.3 Å². The summed E-state index contributed by atoms with van der Waals surface area (Å²) in [6.07, 6.45) is 0. The highest BCUT2D eigenvalue weighted by Crippen LogP contribution is 2.52. The first-order valence-electron chi connectivity index (χ1n) is 7.77. The van der Waals surface area contributed by atoms with E-state index < -0.39 is 17.8 Å². The van der Waals surface area contributed by atoms with Crippen LogP contribution in [0.2, 0.25) is 0 Å².